The fourth-order valence-electron chi connectivity index (χ4n) is 17.6. The minimum Gasteiger partial charge on any atom is -0.496 e. The number of carboxylic acids is 1. The van der Waals surface area contributed by atoms with E-state index in [1.165, 1.54) is 32.4 Å². The SMILES string of the molecule is C.C.C.C.C.CC1(C)[C@@H]2C[C@H]3OB(CCl)O[C@@]3(C)[C@H]1C2.COc1c(CB2O[C@@H]3C[C@@H]4C[C@@H](C4(C)C)[C@]3(C)O2)cccc1C(=O)OC(C)(C)C.COc1c(C[C@@H](Cl)B2O[C@@H]3C[C@@H]4C[C@@H](C4(C)C)[C@]3(C)O2)cccc1C(=O)OC(C)(C)C.COc1c(I)cccc1C(=O)O.COc1c(I)cccc1C(=O)OC(C)(C)C. The summed E-state index contributed by atoms with van der Waals surface area (Å²) in [4.78, 5) is 47.8. The number of alkyl halides is 2. The normalized spacial score (nSPS) is 27.7. The van der Waals surface area contributed by atoms with Crippen molar-refractivity contribution in [2.24, 2.45) is 51.8 Å². The topological polar surface area (TPSA) is 208 Å². The first-order valence-electron chi connectivity index (χ1n) is 35.9. The van der Waals surface area contributed by atoms with Gasteiger partial charge < -0.3 is 66.2 Å². The fraction of sp³-hybridized carbons (Fsp3) is 0.663. The Hall–Kier alpha value is -4.05. The molecule has 9 saturated carbocycles. The Morgan fingerprint density at radius 3 is 1.14 bits per heavy atom. The summed E-state index contributed by atoms with van der Waals surface area (Å²) in [6, 6.07) is 21.4. The quantitative estimate of drug-likeness (QED) is 0.0409. The molecule has 16 rings (SSSR count). The van der Waals surface area contributed by atoms with Crippen LogP contribution in [0.4, 0.5) is 0 Å². The highest BCUT2D eigenvalue weighted by atomic mass is 127. The molecule has 18 nitrogen and oxygen atoms in total. The number of hydrogen-bond donors (Lipinski definition) is 1. The van der Waals surface area contributed by atoms with Crippen LogP contribution in [0, 0.1) is 58.9 Å². The van der Waals surface area contributed by atoms with Gasteiger partial charge >= 0.3 is 45.2 Å². The molecule has 3 saturated heterocycles. The molecule has 0 amide bonds. The van der Waals surface area contributed by atoms with E-state index in [0.717, 1.165) is 49.4 Å². The maximum absolute atomic E-state index is 12.7. The number of ether oxygens (including phenoxy) is 7. The Morgan fingerprint density at radius 1 is 0.472 bits per heavy atom. The van der Waals surface area contributed by atoms with Crippen molar-refractivity contribution in [1.29, 1.82) is 0 Å². The number of esters is 3. The van der Waals surface area contributed by atoms with Crippen LogP contribution in [0.15, 0.2) is 72.8 Å². The lowest BCUT2D eigenvalue weighted by atomic mass is 9.43. The predicted molar refractivity (Wildman–Crippen MR) is 452 cm³/mol. The van der Waals surface area contributed by atoms with E-state index in [4.69, 9.17) is 89.4 Å². The lowest BCUT2D eigenvalue weighted by molar-refractivity contribution is -0.199. The Morgan fingerprint density at radius 2 is 0.787 bits per heavy atom. The minimum atomic E-state index is -0.967. The Kier molecular flexibility index (Phi) is 32.7. The second-order valence-corrected chi connectivity index (χ2v) is 37.4. The van der Waals surface area contributed by atoms with E-state index in [9.17, 15) is 19.2 Å². The van der Waals surface area contributed by atoms with E-state index in [2.05, 4.69) is 84.9 Å². The number of methoxy groups -OCH3 is 4. The van der Waals surface area contributed by atoms with Gasteiger partial charge in [-0.3, -0.25) is 0 Å². The van der Waals surface area contributed by atoms with Gasteiger partial charge in [-0.1, -0.05) is 115 Å². The van der Waals surface area contributed by atoms with Gasteiger partial charge in [0.2, 0.25) is 0 Å². The molecule has 1 N–H and O–H groups in total. The summed E-state index contributed by atoms with van der Waals surface area (Å²) in [7, 11) is 5.15. The largest absolute Gasteiger partial charge is 0.496 e. The molecule has 6 bridgehead atoms. The third-order valence-corrected chi connectivity index (χ3v) is 25.5. The highest BCUT2D eigenvalue weighted by Gasteiger charge is 2.70. The van der Waals surface area contributed by atoms with Crippen LogP contribution in [0.25, 0.3) is 0 Å². The summed E-state index contributed by atoms with van der Waals surface area (Å²) < 4.78 is 77.0. The molecule has 4 aromatic rings. The summed E-state index contributed by atoms with van der Waals surface area (Å²) in [5.74, 6) is 4.24. The highest BCUT2D eigenvalue weighted by Crippen LogP contribution is 2.68. The lowest BCUT2D eigenvalue weighted by Crippen LogP contribution is -2.65. The molecule has 108 heavy (non-hydrogen) atoms. The number of halogens is 4. The predicted octanol–water partition coefficient (Wildman–Crippen LogP) is 20.5. The number of aromatic carboxylic acids is 1. The lowest BCUT2D eigenvalue weighted by Gasteiger charge is -2.64. The van der Waals surface area contributed by atoms with Gasteiger partial charge in [0, 0.05) is 6.32 Å². The molecule has 9 aliphatic carbocycles. The first kappa shape index (κ1) is 96.3. The van der Waals surface area contributed by atoms with Gasteiger partial charge in [-0.25, -0.2) is 19.2 Å². The number of carboxylic acid groups (broad SMARTS) is 1. The Labute approximate surface area is 686 Å². The van der Waals surface area contributed by atoms with Crippen molar-refractivity contribution in [1.82, 2.24) is 0 Å². The minimum absolute atomic E-state index is 0. The van der Waals surface area contributed by atoms with Crippen LogP contribution in [0.2, 0.25) is 0 Å². The molecule has 4 aromatic carbocycles. The van der Waals surface area contributed by atoms with Crippen LogP contribution < -0.4 is 18.9 Å². The molecule has 604 valence electrons. The van der Waals surface area contributed by atoms with Crippen molar-refractivity contribution in [2.45, 2.75) is 270 Å². The molecule has 12 aliphatic rings. The summed E-state index contributed by atoms with van der Waals surface area (Å²) in [5, 5.41) is 8.34. The van der Waals surface area contributed by atoms with Crippen molar-refractivity contribution in [2.75, 3.05) is 34.2 Å². The molecule has 0 aromatic heterocycles. The molecule has 0 spiro atoms. The third kappa shape index (κ3) is 20.0. The Bertz CT molecular complexity index is 3750. The molecular weight excluding hydrogens is 1640 g/mol. The van der Waals surface area contributed by atoms with Crippen LogP contribution in [0.3, 0.4) is 0 Å². The van der Waals surface area contributed by atoms with Crippen LogP contribution in [0.5, 0.6) is 23.0 Å². The average Bonchev–Trinajstić information content (AvgIpc) is 1.49. The van der Waals surface area contributed by atoms with Crippen molar-refractivity contribution in [3.8, 4) is 23.0 Å². The van der Waals surface area contributed by atoms with E-state index >= 15 is 0 Å². The number of carbonyl (C=O) groups is 4. The molecule has 0 unspecified atom stereocenters. The van der Waals surface area contributed by atoms with Crippen LogP contribution in [-0.4, -0.2) is 142 Å². The summed E-state index contributed by atoms with van der Waals surface area (Å²) in [6.07, 6.45) is 8.49. The van der Waals surface area contributed by atoms with Gasteiger partial charge in [-0.15, -0.1) is 23.2 Å². The molecule has 0 radical (unpaired) electrons. The number of rotatable bonds is 14. The number of benzene rings is 4. The monoisotopic (exact) mass is 1770 g/mol. The van der Waals surface area contributed by atoms with Crippen molar-refractivity contribution >= 4 is 114 Å². The van der Waals surface area contributed by atoms with E-state index in [1.807, 2.05) is 121 Å². The Balaban J connectivity index is 0.000000295. The average molecular weight is 1770 g/mol. The zero-order chi connectivity index (χ0) is 76.3. The van der Waals surface area contributed by atoms with E-state index in [0.29, 0.717) is 92.7 Å². The van der Waals surface area contributed by atoms with Crippen molar-refractivity contribution < 1.29 is 85.4 Å². The van der Waals surface area contributed by atoms with Gasteiger partial charge in [-0.2, -0.15) is 0 Å². The van der Waals surface area contributed by atoms with E-state index in [1.54, 1.807) is 51.7 Å². The summed E-state index contributed by atoms with van der Waals surface area (Å²) >= 11 is 16.8. The molecule has 25 heteroatoms. The zero-order valence-corrected chi connectivity index (χ0v) is 70.0. The second-order valence-electron chi connectivity index (χ2n) is 34.2. The van der Waals surface area contributed by atoms with Gasteiger partial charge in [0.25, 0.3) is 0 Å². The first-order chi connectivity index (χ1) is 47.8. The zero-order valence-electron chi connectivity index (χ0n) is 64.2. The van der Waals surface area contributed by atoms with Crippen LogP contribution in [-0.2, 0) is 54.9 Å². The summed E-state index contributed by atoms with van der Waals surface area (Å²) in [5.41, 5.74) is 2.00. The van der Waals surface area contributed by atoms with E-state index < -0.39 is 41.1 Å². The molecule has 3 aliphatic heterocycles. The standard InChI is InChI=1S/C24H34BClO5.C23H33BO5.C12H15IO3.C11H18BClO2.C8H7IO3.5CH4/c1-22(2,3)29-21(27)16-10-8-9-14(20(16)28-7)11-19(26)25-30-18-13-15-12-17(23(15,4)5)24(18,6)31-25;1-21(2,3)27-20(25)16-10-8-9-14(19(16)26-7)13-24-28-18-12-15-11-17(22(15,4)5)23(18,6)29-24;1-12(2,3)16-11(14)8-6-5-7-9(13)10(8)15-4;1-10(2)7-4-8(10)11(3)9(5-7)14-12(6-13)15-11;1-12-7-5(8(10)11)3-2-4-6(7)9;;;;;/h8-10,15,17-19H,11-13H2,1-7H3;8-10,15,17-18H,11-13H2,1-7H3;5-7H,1-4H3;7-9H,4-6H2,1-3H3;2-4H,1H3,(H,10,11);5*1H4/t15-,17-,18+,19+,24-;15-,17-,18+,23-;;7-,8-,9+,11-;;;;;;/m00.0....../s1. The first-order valence-corrected chi connectivity index (χ1v) is 39.0. The second kappa shape index (κ2) is 36.6. The van der Waals surface area contributed by atoms with Crippen molar-refractivity contribution in [3.63, 3.8) is 0 Å². The molecule has 12 fully saturated rings. The number of para-hydroxylation sites is 4. The molecular formula is C83H127B3Cl2I2O18. The maximum atomic E-state index is 12.7. The van der Waals surface area contributed by atoms with Gasteiger partial charge in [0.15, 0.2) is 0 Å². The van der Waals surface area contributed by atoms with Crippen LogP contribution >= 0.6 is 68.4 Å². The maximum Gasteiger partial charge on any atom is 0.477 e. The highest BCUT2D eigenvalue weighted by molar-refractivity contribution is 14.1. The fourth-order valence-corrected chi connectivity index (χ4v) is 19.5. The molecule has 3 heterocycles. The number of hydrogen-bond acceptors (Lipinski definition) is 17. The smallest absolute Gasteiger partial charge is 0.477 e. The van der Waals surface area contributed by atoms with Gasteiger partial charge in [-0.05, 0) is 272 Å². The van der Waals surface area contributed by atoms with Gasteiger partial charge in [0.1, 0.15) is 62.1 Å². The van der Waals surface area contributed by atoms with Crippen molar-refractivity contribution in [3.05, 3.63) is 113 Å². The van der Waals surface area contributed by atoms with E-state index in [-0.39, 0.29) is 109 Å². The molecule has 13 atom stereocenters. The van der Waals surface area contributed by atoms with Crippen LogP contribution in [0.1, 0.15) is 253 Å². The third-order valence-electron chi connectivity index (χ3n) is 23.2. The van der Waals surface area contributed by atoms with Gasteiger partial charge in [0.05, 0.1) is 81.8 Å². The number of carbonyl (C=O) groups excluding carboxylic acids is 3. The summed E-state index contributed by atoms with van der Waals surface area (Å²) in [6.45, 7) is 37.4.